The first-order valence-corrected chi connectivity index (χ1v) is 8.51. The molecule has 1 heterocycles. The molecule has 0 unspecified atom stereocenters. The fraction of sp³-hybridized carbons (Fsp3) is 0.667. The van der Waals surface area contributed by atoms with E-state index in [4.69, 9.17) is 0 Å². The number of hydrogen-bond donors (Lipinski definition) is 1. The van der Waals surface area contributed by atoms with Crippen molar-refractivity contribution in [3.8, 4) is 0 Å². The standard InChI is InChI=1S/C12H22N2O2S2/c1-5-7-13-8-11-12(10(3)9-17-11)18(15,16)14(4)6-2/h9,13H,5-8H2,1-4H3. The predicted molar refractivity (Wildman–Crippen MR) is 76.5 cm³/mol. The molecule has 0 radical (unpaired) electrons. The Balaban J connectivity index is 3.04. The second-order valence-electron chi connectivity index (χ2n) is 4.27. The van der Waals surface area contributed by atoms with Gasteiger partial charge in [0, 0.05) is 25.0 Å². The van der Waals surface area contributed by atoms with Crippen molar-refractivity contribution in [2.45, 2.75) is 38.6 Å². The zero-order valence-corrected chi connectivity index (χ0v) is 13.1. The van der Waals surface area contributed by atoms with Crippen LogP contribution in [0.1, 0.15) is 30.7 Å². The van der Waals surface area contributed by atoms with Crippen molar-refractivity contribution in [2.24, 2.45) is 0 Å². The lowest BCUT2D eigenvalue weighted by Gasteiger charge is -2.16. The van der Waals surface area contributed by atoms with Crippen LogP contribution in [0.3, 0.4) is 0 Å². The molecule has 1 aromatic heterocycles. The number of nitrogens with one attached hydrogen (secondary N) is 1. The molecule has 6 heteroatoms. The van der Waals surface area contributed by atoms with E-state index in [-0.39, 0.29) is 0 Å². The largest absolute Gasteiger partial charge is 0.312 e. The zero-order valence-electron chi connectivity index (χ0n) is 11.5. The van der Waals surface area contributed by atoms with Crippen molar-refractivity contribution in [1.29, 1.82) is 0 Å². The first-order valence-electron chi connectivity index (χ1n) is 6.19. The van der Waals surface area contributed by atoms with E-state index in [1.54, 1.807) is 7.05 Å². The molecule has 0 aliphatic carbocycles. The van der Waals surface area contributed by atoms with Crippen LogP contribution in [-0.4, -0.2) is 32.9 Å². The highest BCUT2D eigenvalue weighted by Crippen LogP contribution is 2.28. The second-order valence-corrected chi connectivity index (χ2v) is 7.21. The Morgan fingerprint density at radius 1 is 1.39 bits per heavy atom. The molecule has 18 heavy (non-hydrogen) atoms. The molecule has 0 spiro atoms. The Hall–Kier alpha value is -0.430. The van der Waals surface area contributed by atoms with Crippen molar-refractivity contribution < 1.29 is 8.42 Å². The Bertz CT molecular complexity index is 480. The van der Waals surface area contributed by atoms with Crippen LogP contribution in [0.25, 0.3) is 0 Å². The van der Waals surface area contributed by atoms with Gasteiger partial charge in [-0.25, -0.2) is 12.7 Å². The maximum Gasteiger partial charge on any atom is 0.244 e. The topological polar surface area (TPSA) is 49.4 Å². The lowest BCUT2D eigenvalue weighted by molar-refractivity contribution is 0.485. The summed E-state index contributed by atoms with van der Waals surface area (Å²) in [5.41, 5.74) is 0.841. The fourth-order valence-corrected chi connectivity index (χ4v) is 4.56. The van der Waals surface area contributed by atoms with Crippen LogP contribution in [0.4, 0.5) is 0 Å². The minimum Gasteiger partial charge on any atom is -0.312 e. The highest BCUT2D eigenvalue weighted by atomic mass is 32.2. The van der Waals surface area contributed by atoms with Gasteiger partial charge in [0.15, 0.2) is 0 Å². The third kappa shape index (κ3) is 3.32. The lowest BCUT2D eigenvalue weighted by Crippen LogP contribution is -2.28. The number of sulfonamides is 1. The maximum atomic E-state index is 12.4. The number of nitrogens with zero attached hydrogens (tertiary/aromatic N) is 1. The highest BCUT2D eigenvalue weighted by molar-refractivity contribution is 7.89. The minimum absolute atomic E-state index is 0.486. The van der Waals surface area contributed by atoms with Crippen LogP contribution in [0.5, 0.6) is 0 Å². The molecule has 0 atom stereocenters. The summed E-state index contributed by atoms with van der Waals surface area (Å²) in [5, 5.41) is 5.18. The highest BCUT2D eigenvalue weighted by Gasteiger charge is 2.26. The third-order valence-electron chi connectivity index (χ3n) is 2.82. The number of hydrogen-bond acceptors (Lipinski definition) is 4. The smallest absolute Gasteiger partial charge is 0.244 e. The molecule has 0 saturated heterocycles. The average molecular weight is 290 g/mol. The first kappa shape index (κ1) is 15.6. The molecule has 1 rings (SSSR count). The van der Waals surface area contributed by atoms with E-state index in [1.807, 2.05) is 19.2 Å². The summed E-state index contributed by atoms with van der Waals surface area (Å²) in [6.45, 7) is 7.80. The second kappa shape index (κ2) is 6.65. The SMILES string of the molecule is CCCNCc1scc(C)c1S(=O)(=O)N(C)CC. The predicted octanol–water partition coefficient (Wildman–Crippen LogP) is 2.20. The van der Waals surface area contributed by atoms with Crippen LogP contribution in [0.15, 0.2) is 10.3 Å². The van der Waals surface area contributed by atoms with Crippen molar-refractivity contribution in [3.63, 3.8) is 0 Å². The quantitative estimate of drug-likeness (QED) is 0.783. The van der Waals surface area contributed by atoms with Crippen molar-refractivity contribution in [3.05, 3.63) is 15.8 Å². The van der Waals surface area contributed by atoms with Crippen molar-refractivity contribution >= 4 is 21.4 Å². The molecule has 1 aromatic rings. The summed E-state index contributed by atoms with van der Waals surface area (Å²) < 4.78 is 26.2. The van der Waals surface area contributed by atoms with Gasteiger partial charge < -0.3 is 5.32 Å². The van der Waals surface area contributed by atoms with E-state index in [2.05, 4.69) is 12.2 Å². The summed E-state index contributed by atoms with van der Waals surface area (Å²) in [6, 6.07) is 0. The van der Waals surface area contributed by atoms with Gasteiger partial charge in [-0.2, -0.15) is 0 Å². The summed E-state index contributed by atoms with van der Waals surface area (Å²) in [6.07, 6.45) is 1.04. The molecule has 0 saturated carbocycles. The molecule has 0 amide bonds. The number of aryl methyl sites for hydroxylation is 1. The van der Waals surface area contributed by atoms with Gasteiger partial charge in [0.25, 0.3) is 0 Å². The molecule has 0 aliphatic heterocycles. The van der Waals surface area contributed by atoms with Gasteiger partial charge in [-0.3, -0.25) is 0 Å². The van der Waals surface area contributed by atoms with Crippen LogP contribution in [0, 0.1) is 6.92 Å². The summed E-state index contributed by atoms with van der Waals surface area (Å²) in [5.74, 6) is 0. The van der Waals surface area contributed by atoms with E-state index in [9.17, 15) is 8.42 Å². The van der Waals surface area contributed by atoms with E-state index in [1.165, 1.54) is 15.6 Å². The van der Waals surface area contributed by atoms with Gasteiger partial charge in [-0.05, 0) is 30.8 Å². The van der Waals surface area contributed by atoms with Gasteiger partial charge in [0.05, 0.1) is 0 Å². The Morgan fingerprint density at radius 2 is 2.06 bits per heavy atom. The Kier molecular flexibility index (Phi) is 5.78. The molecule has 0 fully saturated rings. The normalized spacial score (nSPS) is 12.3. The van der Waals surface area contributed by atoms with Gasteiger partial charge in [-0.15, -0.1) is 11.3 Å². The van der Waals surface area contributed by atoms with E-state index >= 15 is 0 Å². The van der Waals surface area contributed by atoms with Crippen LogP contribution in [-0.2, 0) is 16.6 Å². The zero-order chi connectivity index (χ0) is 13.8. The van der Waals surface area contributed by atoms with E-state index in [0.717, 1.165) is 23.4 Å². The molecule has 104 valence electrons. The van der Waals surface area contributed by atoms with Crippen LogP contribution in [0.2, 0.25) is 0 Å². The molecule has 1 N–H and O–H groups in total. The number of thiophene rings is 1. The first-order chi connectivity index (χ1) is 8.45. The number of rotatable bonds is 7. The fourth-order valence-electron chi connectivity index (χ4n) is 1.66. The lowest BCUT2D eigenvalue weighted by atomic mass is 10.3. The van der Waals surface area contributed by atoms with Crippen LogP contribution >= 0.6 is 11.3 Å². The maximum absolute atomic E-state index is 12.4. The molecular formula is C12H22N2O2S2. The third-order valence-corrected chi connectivity index (χ3v) is 6.21. The van der Waals surface area contributed by atoms with Gasteiger partial charge >= 0.3 is 0 Å². The minimum atomic E-state index is -3.34. The van der Waals surface area contributed by atoms with Gasteiger partial charge in [0.2, 0.25) is 10.0 Å². The summed E-state index contributed by atoms with van der Waals surface area (Å²) >= 11 is 1.51. The summed E-state index contributed by atoms with van der Waals surface area (Å²) in [7, 11) is -1.72. The molecule has 4 nitrogen and oxygen atoms in total. The van der Waals surface area contributed by atoms with Gasteiger partial charge in [-0.1, -0.05) is 13.8 Å². The molecule has 0 bridgehead atoms. The Morgan fingerprint density at radius 3 is 2.61 bits per heavy atom. The molecule has 0 aliphatic rings. The van der Waals surface area contributed by atoms with E-state index in [0.29, 0.717) is 18.0 Å². The summed E-state index contributed by atoms with van der Waals surface area (Å²) in [4.78, 5) is 1.39. The van der Waals surface area contributed by atoms with Crippen molar-refractivity contribution in [1.82, 2.24) is 9.62 Å². The monoisotopic (exact) mass is 290 g/mol. The van der Waals surface area contributed by atoms with Crippen LogP contribution < -0.4 is 5.32 Å². The average Bonchev–Trinajstić information content (AvgIpc) is 2.70. The van der Waals surface area contributed by atoms with Gasteiger partial charge in [0.1, 0.15) is 4.90 Å². The molecule has 0 aromatic carbocycles. The van der Waals surface area contributed by atoms with E-state index < -0.39 is 10.0 Å². The Labute approximate surface area is 114 Å². The van der Waals surface area contributed by atoms with Crippen molar-refractivity contribution in [2.75, 3.05) is 20.1 Å². The molecular weight excluding hydrogens is 268 g/mol.